The van der Waals surface area contributed by atoms with Gasteiger partial charge in [0.25, 0.3) is 5.91 Å². The molecule has 1 fully saturated rings. The van der Waals surface area contributed by atoms with Gasteiger partial charge in [-0.05, 0) is 49.9 Å². The normalized spacial score (nSPS) is 14.6. The molecule has 4 rings (SSSR count). The molecule has 0 aliphatic carbocycles. The van der Waals surface area contributed by atoms with Gasteiger partial charge in [-0.15, -0.1) is 0 Å². The second-order valence-electron chi connectivity index (χ2n) is 7.73. The van der Waals surface area contributed by atoms with Gasteiger partial charge in [0.2, 0.25) is 5.91 Å². The number of amides is 2. The van der Waals surface area contributed by atoms with Crippen LogP contribution in [0.25, 0.3) is 5.69 Å². The molecule has 0 unspecified atom stereocenters. The summed E-state index contributed by atoms with van der Waals surface area (Å²) in [6.07, 6.45) is 8.15. The molecule has 8 heteroatoms. The predicted octanol–water partition coefficient (Wildman–Crippen LogP) is 3.60. The average Bonchev–Trinajstić information content (AvgIpc) is 3.46. The maximum absolute atomic E-state index is 12.5. The van der Waals surface area contributed by atoms with Gasteiger partial charge in [0.05, 0.1) is 23.3 Å². The summed E-state index contributed by atoms with van der Waals surface area (Å²) in [6, 6.07) is 7.94. The Balaban J connectivity index is 1.28. The van der Waals surface area contributed by atoms with Gasteiger partial charge in [0.15, 0.2) is 5.16 Å². The van der Waals surface area contributed by atoms with Crippen molar-refractivity contribution in [1.29, 1.82) is 0 Å². The highest BCUT2D eigenvalue weighted by atomic mass is 32.2. The lowest BCUT2D eigenvalue weighted by atomic mass is 10.0. The van der Waals surface area contributed by atoms with Crippen molar-refractivity contribution in [1.82, 2.24) is 19.8 Å². The first-order chi connectivity index (χ1) is 15.0. The largest absolute Gasteiger partial charge is 0.472 e. The van der Waals surface area contributed by atoms with Gasteiger partial charge < -0.3 is 14.6 Å². The molecule has 2 amide bonds. The molecule has 31 heavy (non-hydrogen) atoms. The van der Waals surface area contributed by atoms with E-state index in [2.05, 4.69) is 36.3 Å². The zero-order valence-corrected chi connectivity index (χ0v) is 18.5. The molecule has 3 aromatic rings. The van der Waals surface area contributed by atoms with E-state index in [0.29, 0.717) is 24.4 Å². The average molecular weight is 439 g/mol. The van der Waals surface area contributed by atoms with E-state index in [9.17, 15) is 9.59 Å². The highest BCUT2D eigenvalue weighted by Crippen LogP contribution is 2.24. The van der Waals surface area contributed by atoms with E-state index in [0.717, 1.165) is 23.7 Å². The number of imidazole rings is 1. The number of hydrogen-bond acceptors (Lipinski definition) is 5. The topological polar surface area (TPSA) is 80.4 Å². The van der Waals surface area contributed by atoms with Crippen molar-refractivity contribution in [3.8, 4) is 5.69 Å². The SMILES string of the molecule is Cc1cccc(-n2ccnc2SCC(=O)NC2CCN(C(=O)c3ccoc3)CC2)c1C. The summed E-state index contributed by atoms with van der Waals surface area (Å²) in [4.78, 5) is 31.1. The maximum atomic E-state index is 12.5. The molecule has 0 spiro atoms. The van der Waals surface area contributed by atoms with Crippen molar-refractivity contribution in [3.63, 3.8) is 0 Å². The fourth-order valence-corrected chi connectivity index (χ4v) is 4.55. The number of nitrogens with one attached hydrogen (secondary N) is 1. The molecule has 2 aromatic heterocycles. The Labute approximate surface area is 185 Å². The van der Waals surface area contributed by atoms with E-state index in [1.807, 2.05) is 21.7 Å². The fraction of sp³-hybridized carbons (Fsp3) is 0.348. The molecule has 1 aromatic carbocycles. The van der Waals surface area contributed by atoms with Crippen molar-refractivity contribution < 1.29 is 14.0 Å². The minimum Gasteiger partial charge on any atom is -0.472 e. The zero-order valence-electron chi connectivity index (χ0n) is 17.7. The van der Waals surface area contributed by atoms with Crippen LogP contribution in [-0.4, -0.2) is 51.1 Å². The predicted molar refractivity (Wildman–Crippen MR) is 120 cm³/mol. The van der Waals surface area contributed by atoms with Crippen LogP contribution in [0.3, 0.4) is 0 Å². The first-order valence-corrected chi connectivity index (χ1v) is 11.3. The third kappa shape index (κ3) is 4.85. The number of benzene rings is 1. The van der Waals surface area contributed by atoms with E-state index >= 15 is 0 Å². The molecule has 3 heterocycles. The molecule has 162 valence electrons. The summed E-state index contributed by atoms with van der Waals surface area (Å²) in [5.74, 6) is 0.267. The lowest BCUT2D eigenvalue weighted by Gasteiger charge is -2.32. The molecule has 0 saturated carbocycles. The van der Waals surface area contributed by atoms with Gasteiger partial charge in [0.1, 0.15) is 6.26 Å². The standard InChI is InChI=1S/C23H26N4O3S/c1-16-4-3-5-20(17(16)2)27-12-9-24-23(27)31-15-21(28)25-19-6-10-26(11-7-19)22(29)18-8-13-30-14-18/h3-5,8-9,12-14,19H,6-7,10-11,15H2,1-2H3,(H,25,28). The van der Waals surface area contributed by atoms with Crippen molar-refractivity contribution in [2.75, 3.05) is 18.8 Å². The summed E-state index contributed by atoms with van der Waals surface area (Å²) in [5, 5.41) is 3.90. The Morgan fingerprint density at radius 3 is 2.77 bits per heavy atom. The molecular weight excluding hydrogens is 412 g/mol. The van der Waals surface area contributed by atoms with Crippen molar-refractivity contribution in [3.05, 3.63) is 65.9 Å². The van der Waals surface area contributed by atoms with Crippen LogP contribution in [0, 0.1) is 13.8 Å². The molecular formula is C23H26N4O3S. The lowest BCUT2D eigenvalue weighted by molar-refractivity contribution is -0.119. The van der Waals surface area contributed by atoms with E-state index < -0.39 is 0 Å². The second-order valence-corrected chi connectivity index (χ2v) is 8.68. The van der Waals surface area contributed by atoms with E-state index in [-0.39, 0.29) is 17.9 Å². The molecule has 0 atom stereocenters. The number of thioether (sulfide) groups is 1. The molecule has 1 aliphatic rings. The van der Waals surface area contributed by atoms with Crippen LogP contribution in [0.1, 0.15) is 34.3 Å². The number of piperidine rings is 1. The summed E-state index contributed by atoms with van der Waals surface area (Å²) >= 11 is 1.43. The van der Waals surface area contributed by atoms with Gasteiger partial charge in [0, 0.05) is 31.5 Å². The number of likely N-dealkylation sites (tertiary alicyclic amines) is 1. The van der Waals surface area contributed by atoms with Crippen molar-refractivity contribution in [2.45, 2.75) is 37.9 Å². The van der Waals surface area contributed by atoms with Crippen molar-refractivity contribution in [2.24, 2.45) is 0 Å². The minimum atomic E-state index is -0.0210. The zero-order chi connectivity index (χ0) is 21.8. The third-order valence-electron chi connectivity index (χ3n) is 5.69. The molecule has 1 N–H and O–H groups in total. The Morgan fingerprint density at radius 1 is 1.23 bits per heavy atom. The van der Waals surface area contributed by atoms with Gasteiger partial charge in [-0.3, -0.25) is 14.2 Å². The monoisotopic (exact) mass is 438 g/mol. The smallest absolute Gasteiger partial charge is 0.257 e. The maximum Gasteiger partial charge on any atom is 0.257 e. The molecule has 0 radical (unpaired) electrons. The van der Waals surface area contributed by atoms with E-state index in [1.165, 1.54) is 35.4 Å². The number of rotatable bonds is 6. The quantitative estimate of drug-likeness (QED) is 0.595. The lowest BCUT2D eigenvalue weighted by Crippen LogP contribution is -2.46. The summed E-state index contributed by atoms with van der Waals surface area (Å²) in [6.45, 7) is 5.43. The Morgan fingerprint density at radius 2 is 2.03 bits per heavy atom. The molecule has 1 aliphatic heterocycles. The van der Waals surface area contributed by atoms with Gasteiger partial charge in [-0.25, -0.2) is 4.98 Å². The number of furan rings is 1. The third-order valence-corrected chi connectivity index (χ3v) is 6.66. The highest BCUT2D eigenvalue weighted by Gasteiger charge is 2.25. The van der Waals surface area contributed by atoms with E-state index in [4.69, 9.17) is 4.42 Å². The first-order valence-electron chi connectivity index (χ1n) is 10.4. The van der Waals surface area contributed by atoms with Crippen LogP contribution in [0.15, 0.2) is 58.8 Å². The number of hydrogen-bond donors (Lipinski definition) is 1. The fourth-order valence-electron chi connectivity index (χ4n) is 3.77. The minimum absolute atomic E-state index is 0.0138. The Kier molecular flexibility index (Phi) is 6.46. The van der Waals surface area contributed by atoms with Crippen LogP contribution >= 0.6 is 11.8 Å². The van der Waals surface area contributed by atoms with Crippen molar-refractivity contribution >= 4 is 23.6 Å². The summed E-state index contributed by atoms with van der Waals surface area (Å²) in [7, 11) is 0. The summed E-state index contributed by atoms with van der Waals surface area (Å²) in [5.41, 5.74) is 4.06. The Hall–Kier alpha value is -3.00. The second kappa shape index (κ2) is 9.43. The van der Waals surface area contributed by atoms with Crippen LogP contribution in [0.2, 0.25) is 0 Å². The highest BCUT2D eigenvalue weighted by molar-refractivity contribution is 7.99. The number of aromatic nitrogens is 2. The number of carbonyl (C=O) groups is 2. The van der Waals surface area contributed by atoms with Gasteiger partial charge >= 0.3 is 0 Å². The molecule has 0 bridgehead atoms. The van der Waals surface area contributed by atoms with Crippen LogP contribution in [0.4, 0.5) is 0 Å². The summed E-state index contributed by atoms with van der Waals surface area (Å²) < 4.78 is 7.02. The Bertz CT molecular complexity index is 1050. The number of nitrogens with zero attached hydrogens (tertiary/aromatic N) is 3. The molecule has 1 saturated heterocycles. The molecule has 7 nitrogen and oxygen atoms in total. The van der Waals surface area contributed by atoms with Gasteiger partial charge in [-0.1, -0.05) is 23.9 Å². The van der Waals surface area contributed by atoms with Gasteiger partial charge in [-0.2, -0.15) is 0 Å². The van der Waals surface area contributed by atoms with Crippen LogP contribution in [0.5, 0.6) is 0 Å². The number of carbonyl (C=O) groups excluding carboxylic acids is 2. The first kappa shape index (κ1) is 21.2. The van der Waals surface area contributed by atoms with Crippen LogP contribution in [-0.2, 0) is 4.79 Å². The number of aryl methyl sites for hydroxylation is 1. The van der Waals surface area contributed by atoms with E-state index in [1.54, 1.807) is 12.3 Å². The van der Waals surface area contributed by atoms with Crippen LogP contribution < -0.4 is 5.32 Å².